The van der Waals surface area contributed by atoms with Crippen LogP contribution < -0.4 is 5.73 Å². The Morgan fingerprint density at radius 3 is 2.35 bits per heavy atom. The molecule has 1 aliphatic carbocycles. The highest BCUT2D eigenvalue weighted by Gasteiger charge is 2.42. The number of nitrogens with zero attached hydrogens (tertiary/aromatic N) is 1. The van der Waals surface area contributed by atoms with Crippen molar-refractivity contribution in [2.45, 2.75) is 58.8 Å². The number of ketones is 1. The second-order valence-corrected chi connectivity index (χ2v) is 9.07. The number of nitriles is 1. The van der Waals surface area contributed by atoms with Crippen molar-refractivity contribution in [3.05, 3.63) is 58.2 Å². The number of ether oxygens (including phenoxy) is 1. The fourth-order valence-corrected chi connectivity index (χ4v) is 3.79. The molecule has 4 heteroatoms. The molecule has 0 bridgehead atoms. The molecular weight excluding hydrogens is 324 g/mol. The molecule has 1 aromatic rings. The number of Topliss-reactive ketones (excluding diaryl/α,β-unsaturated/α-hetero) is 1. The lowest BCUT2D eigenvalue weighted by Crippen LogP contribution is -2.33. The van der Waals surface area contributed by atoms with Gasteiger partial charge in [-0.3, -0.25) is 4.79 Å². The molecule has 0 spiro atoms. The number of benzene rings is 1. The summed E-state index contributed by atoms with van der Waals surface area (Å²) in [6.45, 7) is 10.6. The monoisotopic (exact) mass is 350 g/mol. The molecule has 136 valence electrons. The van der Waals surface area contributed by atoms with Gasteiger partial charge in [-0.25, -0.2) is 0 Å². The van der Waals surface area contributed by atoms with E-state index in [4.69, 9.17) is 10.5 Å². The minimum absolute atomic E-state index is 0.0379. The predicted molar refractivity (Wildman–Crippen MR) is 101 cm³/mol. The smallest absolute Gasteiger partial charge is 0.205 e. The van der Waals surface area contributed by atoms with Gasteiger partial charge < -0.3 is 10.5 Å². The minimum Gasteiger partial charge on any atom is -0.444 e. The third-order valence-electron chi connectivity index (χ3n) is 5.19. The summed E-state index contributed by atoms with van der Waals surface area (Å²) in [5.74, 6) is 0.331. The van der Waals surface area contributed by atoms with E-state index in [0.717, 1.165) is 5.56 Å². The SMILES string of the molecule is CC1(C)CC(=O)C2=C(C1)OC(N)=C(C#N)[C@@H]2c1ccc(C(C)(C)C)cc1. The first-order valence-corrected chi connectivity index (χ1v) is 8.98. The molecule has 0 radical (unpaired) electrons. The van der Waals surface area contributed by atoms with Gasteiger partial charge in [-0.1, -0.05) is 58.9 Å². The normalized spacial score (nSPS) is 22.6. The topological polar surface area (TPSA) is 76.1 Å². The average Bonchev–Trinajstić information content (AvgIpc) is 2.51. The highest BCUT2D eigenvalue weighted by molar-refractivity contribution is 6.00. The Morgan fingerprint density at radius 1 is 1.19 bits per heavy atom. The van der Waals surface area contributed by atoms with Crippen molar-refractivity contribution in [2.24, 2.45) is 11.1 Å². The number of allylic oxidation sites excluding steroid dienone is 3. The molecule has 4 nitrogen and oxygen atoms in total. The number of carbonyl (C=O) groups excluding carboxylic acids is 1. The van der Waals surface area contributed by atoms with Crippen LogP contribution in [0.5, 0.6) is 0 Å². The van der Waals surface area contributed by atoms with Crippen molar-refractivity contribution in [3.63, 3.8) is 0 Å². The maximum atomic E-state index is 12.9. The van der Waals surface area contributed by atoms with Gasteiger partial charge in [-0.2, -0.15) is 5.26 Å². The van der Waals surface area contributed by atoms with Gasteiger partial charge >= 0.3 is 0 Å². The molecule has 1 aromatic carbocycles. The third-order valence-corrected chi connectivity index (χ3v) is 5.19. The van der Waals surface area contributed by atoms with E-state index in [9.17, 15) is 10.1 Å². The van der Waals surface area contributed by atoms with Crippen molar-refractivity contribution in [1.29, 1.82) is 5.26 Å². The van der Waals surface area contributed by atoms with Gasteiger partial charge in [0.1, 0.15) is 17.4 Å². The van der Waals surface area contributed by atoms with Crippen molar-refractivity contribution < 1.29 is 9.53 Å². The second-order valence-electron chi connectivity index (χ2n) is 9.07. The Balaban J connectivity index is 2.12. The zero-order valence-electron chi connectivity index (χ0n) is 16.1. The standard InChI is InChI=1S/C22H26N2O2/c1-21(2,3)14-8-6-13(7-9-14)18-15(12-23)20(24)26-17-11-22(4,5)10-16(25)19(17)18/h6-9,18H,10-11,24H2,1-5H3/t18-/m0/s1. The molecule has 2 N–H and O–H groups in total. The largest absolute Gasteiger partial charge is 0.444 e. The highest BCUT2D eigenvalue weighted by Crippen LogP contribution is 2.47. The van der Waals surface area contributed by atoms with Crippen LogP contribution in [0.25, 0.3) is 0 Å². The van der Waals surface area contributed by atoms with Crippen molar-refractivity contribution in [2.75, 3.05) is 0 Å². The van der Waals surface area contributed by atoms with E-state index in [1.165, 1.54) is 5.56 Å². The van der Waals surface area contributed by atoms with Gasteiger partial charge in [0.05, 0.1) is 5.92 Å². The van der Waals surface area contributed by atoms with Gasteiger partial charge in [0.2, 0.25) is 5.88 Å². The summed E-state index contributed by atoms with van der Waals surface area (Å²) in [6, 6.07) is 10.3. The van der Waals surface area contributed by atoms with Crippen LogP contribution in [-0.4, -0.2) is 5.78 Å². The third kappa shape index (κ3) is 3.14. The summed E-state index contributed by atoms with van der Waals surface area (Å²) >= 11 is 0. The summed E-state index contributed by atoms with van der Waals surface area (Å²) < 4.78 is 5.72. The van der Waals surface area contributed by atoms with Crippen LogP contribution in [0.3, 0.4) is 0 Å². The fraction of sp³-hybridized carbons (Fsp3) is 0.455. The van der Waals surface area contributed by atoms with E-state index in [2.05, 4.69) is 39.0 Å². The van der Waals surface area contributed by atoms with E-state index in [0.29, 0.717) is 29.7 Å². The maximum absolute atomic E-state index is 12.9. The van der Waals surface area contributed by atoms with Gasteiger partial charge in [-0.05, 0) is 22.0 Å². The molecule has 1 atom stereocenters. The molecule has 1 aliphatic heterocycles. The first-order valence-electron chi connectivity index (χ1n) is 8.98. The van der Waals surface area contributed by atoms with E-state index < -0.39 is 5.92 Å². The minimum atomic E-state index is -0.443. The van der Waals surface area contributed by atoms with Crippen molar-refractivity contribution >= 4 is 5.78 Å². The van der Waals surface area contributed by atoms with Crippen LogP contribution in [0.4, 0.5) is 0 Å². The Hall–Kier alpha value is -2.54. The molecule has 26 heavy (non-hydrogen) atoms. The zero-order chi connectivity index (χ0) is 19.3. The van der Waals surface area contributed by atoms with Gasteiger partial charge in [0, 0.05) is 18.4 Å². The van der Waals surface area contributed by atoms with Crippen molar-refractivity contribution in [3.8, 4) is 6.07 Å². The molecular formula is C22H26N2O2. The molecule has 0 amide bonds. The summed E-state index contributed by atoms with van der Waals surface area (Å²) in [6.07, 6.45) is 1.09. The summed E-state index contributed by atoms with van der Waals surface area (Å²) in [5.41, 5.74) is 8.94. The van der Waals surface area contributed by atoms with Crippen LogP contribution in [0.1, 0.15) is 64.5 Å². The molecule has 0 fully saturated rings. The molecule has 0 saturated heterocycles. The summed E-state index contributed by atoms with van der Waals surface area (Å²) in [5, 5.41) is 9.65. The maximum Gasteiger partial charge on any atom is 0.205 e. The molecule has 1 heterocycles. The van der Waals surface area contributed by atoms with Crippen LogP contribution in [-0.2, 0) is 14.9 Å². The van der Waals surface area contributed by atoms with Crippen LogP contribution in [0.2, 0.25) is 0 Å². The van der Waals surface area contributed by atoms with E-state index in [1.807, 2.05) is 26.0 Å². The number of rotatable bonds is 1. The van der Waals surface area contributed by atoms with Crippen LogP contribution >= 0.6 is 0 Å². The molecule has 0 saturated carbocycles. The van der Waals surface area contributed by atoms with E-state index in [-0.39, 0.29) is 22.5 Å². The molecule has 3 rings (SSSR count). The molecule has 0 unspecified atom stereocenters. The van der Waals surface area contributed by atoms with Crippen LogP contribution in [0.15, 0.2) is 47.1 Å². The predicted octanol–water partition coefficient (Wildman–Crippen LogP) is 4.43. The fourth-order valence-electron chi connectivity index (χ4n) is 3.79. The quantitative estimate of drug-likeness (QED) is 0.812. The summed E-state index contributed by atoms with van der Waals surface area (Å²) in [7, 11) is 0. The van der Waals surface area contributed by atoms with E-state index in [1.54, 1.807) is 0 Å². The summed E-state index contributed by atoms with van der Waals surface area (Å²) in [4.78, 5) is 12.9. The second kappa shape index (κ2) is 6.02. The Bertz CT molecular complexity index is 859. The zero-order valence-corrected chi connectivity index (χ0v) is 16.1. The number of carbonyl (C=O) groups is 1. The average molecular weight is 350 g/mol. The van der Waals surface area contributed by atoms with Crippen LogP contribution in [0, 0.1) is 16.7 Å². The number of hydrogen-bond acceptors (Lipinski definition) is 4. The molecule has 0 aromatic heterocycles. The lowest BCUT2D eigenvalue weighted by Gasteiger charge is -2.37. The number of hydrogen-bond donors (Lipinski definition) is 1. The Kier molecular flexibility index (Phi) is 4.23. The van der Waals surface area contributed by atoms with Gasteiger partial charge in [-0.15, -0.1) is 0 Å². The van der Waals surface area contributed by atoms with Gasteiger partial charge in [0.25, 0.3) is 0 Å². The van der Waals surface area contributed by atoms with Gasteiger partial charge in [0.15, 0.2) is 5.78 Å². The Morgan fingerprint density at radius 2 is 1.81 bits per heavy atom. The van der Waals surface area contributed by atoms with Crippen molar-refractivity contribution in [1.82, 2.24) is 0 Å². The number of nitrogens with two attached hydrogens (primary N) is 1. The lowest BCUT2D eigenvalue weighted by atomic mass is 9.70. The first kappa shape index (κ1) is 18.3. The first-order chi connectivity index (χ1) is 12.0. The lowest BCUT2D eigenvalue weighted by molar-refractivity contribution is -0.119. The van der Waals surface area contributed by atoms with E-state index >= 15 is 0 Å². The Labute approximate surface area is 155 Å². The highest BCUT2D eigenvalue weighted by atomic mass is 16.5. The molecule has 2 aliphatic rings.